The average molecular weight is 183 g/mol. The second kappa shape index (κ2) is 2.78. The zero-order valence-corrected chi connectivity index (χ0v) is 8.02. The molecule has 0 bridgehead atoms. The topological polar surface area (TPSA) is 51.8 Å². The van der Waals surface area contributed by atoms with Crippen LogP contribution in [0.4, 0.5) is 0 Å². The summed E-state index contributed by atoms with van der Waals surface area (Å²) in [6, 6.07) is 0. The van der Waals surface area contributed by atoms with Crippen LogP contribution >= 0.6 is 11.7 Å². The molecule has 1 aromatic rings. The Morgan fingerprint density at radius 1 is 1.33 bits per heavy atom. The van der Waals surface area contributed by atoms with Gasteiger partial charge in [0, 0.05) is 0 Å². The first kappa shape index (κ1) is 8.13. The van der Waals surface area contributed by atoms with Crippen molar-refractivity contribution in [2.45, 2.75) is 38.1 Å². The summed E-state index contributed by atoms with van der Waals surface area (Å²) >= 11 is 1.27. The number of aryl methyl sites for hydroxylation is 1. The zero-order chi connectivity index (χ0) is 8.60. The third-order valence-corrected chi connectivity index (χ3v) is 3.24. The van der Waals surface area contributed by atoms with E-state index in [1.807, 2.05) is 6.92 Å². The summed E-state index contributed by atoms with van der Waals surface area (Å²) in [4.78, 5) is 0. The Morgan fingerprint density at radius 2 is 2.00 bits per heavy atom. The first-order chi connectivity index (χ1) is 5.72. The van der Waals surface area contributed by atoms with Gasteiger partial charge in [0.2, 0.25) is 0 Å². The molecule has 2 rings (SSSR count). The first-order valence-corrected chi connectivity index (χ1v) is 5.04. The van der Waals surface area contributed by atoms with Gasteiger partial charge in [-0.05, 0) is 19.8 Å². The summed E-state index contributed by atoms with van der Waals surface area (Å²) in [5.74, 6) is 0. The molecule has 2 N–H and O–H groups in total. The highest BCUT2D eigenvalue weighted by Crippen LogP contribution is 2.36. The van der Waals surface area contributed by atoms with Crippen molar-refractivity contribution in [3.8, 4) is 0 Å². The van der Waals surface area contributed by atoms with Gasteiger partial charge in [0.05, 0.1) is 28.7 Å². The molecule has 0 aliphatic heterocycles. The van der Waals surface area contributed by atoms with E-state index in [9.17, 15) is 0 Å². The van der Waals surface area contributed by atoms with E-state index in [-0.39, 0.29) is 5.54 Å². The molecular weight excluding hydrogens is 170 g/mol. The second-order valence-corrected chi connectivity index (χ2v) is 4.09. The molecule has 0 amide bonds. The van der Waals surface area contributed by atoms with Crippen molar-refractivity contribution in [2.24, 2.45) is 5.73 Å². The van der Waals surface area contributed by atoms with E-state index in [0.717, 1.165) is 24.2 Å². The van der Waals surface area contributed by atoms with Crippen LogP contribution < -0.4 is 5.73 Å². The van der Waals surface area contributed by atoms with Gasteiger partial charge in [-0.3, -0.25) is 0 Å². The lowest BCUT2D eigenvalue weighted by Crippen LogP contribution is -2.34. The summed E-state index contributed by atoms with van der Waals surface area (Å²) < 4.78 is 8.43. The van der Waals surface area contributed by atoms with E-state index >= 15 is 0 Å². The van der Waals surface area contributed by atoms with Crippen LogP contribution in [0, 0.1) is 6.92 Å². The molecule has 3 nitrogen and oxygen atoms in total. The standard InChI is InChI=1S/C8H13N3S/c1-6-7(11-12-10-6)8(9)4-2-3-5-8/h2-5,9H2,1H3. The molecule has 1 fully saturated rings. The maximum absolute atomic E-state index is 6.23. The lowest BCUT2D eigenvalue weighted by atomic mass is 9.93. The minimum absolute atomic E-state index is 0.156. The molecule has 1 aliphatic carbocycles. The summed E-state index contributed by atoms with van der Waals surface area (Å²) in [6.07, 6.45) is 4.60. The molecule has 1 heterocycles. The SMILES string of the molecule is Cc1nsnc1C1(N)CCCC1. The fourth-order valence-electron chi connectivity index (χ4n) is 1.93. The van der Waals surface area contributed by atoms with Gasteiger partial charge in [0.1, 0.15) is 0 Å². The van der Waals surface area contributed by atoms with Gasteiger partial charge in [-0.25, -0.2) is 0 Å². The molecule has 0 aromatic carbocycles. The monoisotopic (exact) mass is 183 g/mol. The van der Waals surface area contributed by atoms with E-state index in [2.05, 4.69) is 8.75 Å². The minimum atomic E-state index is -0.156. The third kappa shape index (κ3) is 1.15. The van der Waals surface area contributed by atoms with Crippen molar-refractivity contribution in [3.63, 3.8) is 0 Å². The van der Waals surface area contributed by atoms with Gasteiger partial charge in [0.15, 0.2) is 0 Å². The summed E-state index contributed by atoms with van der Waals surface area (Å²) in [5, 5.41) is 0. The molecule has 0 spiro atoms. The number of aromatic nitrogens is 2. The Balaban J connectivity index is 2.34. The molecule has 1 aromatic heterocycles. The minimum Gasteiger partial charge on any atom is -0.320 e. The maximum Gasteiger partial charge on any atom is 0.0970 e. The predicted octanol–water partition coefficient (Wildman–Crippen LogP) is 1.57. The van der Waals surface area contributed by atoms with Crippen molar-refractivity contribution in [2.75, 3.05) is 0 Å². The number of rotatable bonds is 1. The van der Waals surface area contributed by atoms with Crippen molar-refractivity contribution in [3.05, 3.63) is 11.4 Å². The second-order valence-electron chi connectivity index (χ2n) is 3.56. The highest BCUT2D eigenvalue weighted by molar-refractivity contribution is 6.99. The Hall–Kier alpha value is -0.480. The molecular formula is C8H13N3S. The molecule has 1 aliphatic rings. The van der Waals surface area contributed by atoms with Gasteiger partial charge in [-0.15, -0.1) is 0 Å². The Kier molecular flexibility index (Phi) is 1.88. The van der Waals surface area contributed by atoms with Gasteiger partial charge in [-0.1, -0.05) is 12.8 Å². The van der Waals surface area contributed by atoms with E-state index in [4.69, 9.17) is 5.73 Å². The summed E-state index contributed by atoms with van der Waals surface area (Å²) in [5.41, 5.74) is 8.12. The lowest BCUT2D eigenvalue weighted by Gasteiger charge is -2.20. The smallest absolute Gasteiger partial charge is 0.0970 e. The number of hydrogen-bond donors (Lipinski definition) is 1. The summed E-state index contributed by atoms with van der Waals surface area (Å²) in [6.45, 7) is 1.99. The maximum atomic E-state index is 6.23. The fraction of sp³-hybridized carbons (Fsp3) is 0.750. The van der Waals surface area contributed by atoms with Crippen molar-refractivity contribution >= 4 is 11.7 Å². The van der Waals surface area contributed by atoms with Gasteiger partial charge in [0.25, 0.3) is 0 Å². The Labute approximate surface area is 76.3 Å². The van der Waals surface area contributed by atoms with Crippen LogP contribution in [0.3, 0.4) is 0 Å². The molecule has 12 heavy (non-hydrogen) atoms. The van der Waals surface area contributed by atoms with Crippen LogP contribution in [0.25, 0.3) is 0 Å². The molecule has 4 heteroatoms. The lowest BCUT2D eigenvalue weighted by molar-refractivity contribution is 0.448. The number of nitrogens with two attached hydrogens (primary N) is 1. The summed E-state index contributed by atoms with van der Waals surface area (Å²) in [7, 11) is 0. The van der Waals surface area contributed by atoms with E-state index in [0.29, 0.717) is 0 Å². The molecule has 0 radical (unpaired) electrons. The average Bonchev–Trinajstić information content (AvgIpc) is 2.59. The molecule has 0 atom stereocenters. The highest BCUT2D eigenvalue weighted by atomic mass is 32.1. The molecule has 0 saturated heterocycles. The van der Waals surface area contributed by atoms with Crippen molar-refractivity contribution in [1.82, 2.24) is 8.75 Å². The largest absolute Gasteiger partial charge is 0.320 e. The van der Waals surface area contributed by atoms with Gasteiger partial charge in [-0.2, -0.15) is 8.75 Å². The van der Waals surface area contributed by atoms with E-state index < -0.39 is 0 Å². The molecule has 0 unspecified atom stereocenters. The molecule has 66 valence electrons. The van der Waals surface area contributed by atoms with Crippen LogP contribution in [0.15, 0.2) is 0 Å². The van der Waals surface area contributed by atoms with Gasteiger partial charge >= 0.3 is 0 Å². The third-order valence-electron chi connectivity index (χ3n) is 2.62. The van der Waals surface area contributed by atoms with Crippen LogP contribution in [0.1, 0.15) is 37.1 Å². The van der Waals surface area contributed by atoms with Crippen molar-refractivity contribution in [1.29, 1.82) is 0 Å². The van der Waals surface area contributed by atoms with Gasteiger partial charge < -0.3 is 5.73 Å². The normalized spacial score (nSPS) is 21.5. The van der Waals surface area contributed by atoms with Crippen LogP contribution in [0.2, 0.25) is 0 Å². The first-order valence-electron chi connectivity index (χ1n) is 4.31. The number of hydrogen-bond acceptors (Lipinski definition) is 4. The number of nitrogens with zero attached hydrogens (tertiary/aromatic N) is 2. The van der Waals surface area contributed by atoms with Crippen LogP contribution in [-0.2, 0) is 5.54 Å². The highest BCUT2D eigenvalue weighted by Gasteiger charge is 2.34. The fourth-order valence-corrected chi connectivity index (χ4v) is 2.57. The Morgan fingerprint density at radius 3 is 2.50 bits per heavy atom. The van der Waals surface area contributed by atoms with E-state index in [1.165, 1.54) is 24.6 Å². The van der Waals surface area contributed by atoms with Crippen molar-refractivity contribution < 1.29 is 0 Å². The van der Waals surface area contributed by atoms with Crippen LogP contribution in [0.5, 0.6) is 0 Å². The Bertz CT molecular complexity index is 276. The van der Waals surface area contributed by atoms with Crippen LogP contribution in [-0.4, -0.2) is 8.75 Å². The predicted molar refractivity (Wildman–Crippen MR) is 49.0 cm³/mol. The quantitative estimate of drug-likeness (QED) is 0.719. The van der Waals surface area contributed by atoms with E-state index in [1.54, 1.807) is 0 Å². The zero-order valence-electron chi connectivity index (χ0n) is 7.21. The molecule has 1 saturated carbocycles.